The van der Waals surface area contributed by atoms with Crippen LogP contribution in [-0.4, -0.2) is 15.1 Å². The zero-order valence-electron chi connectivity index (χ0n) is 7.81. The first-order chi connectivity index (χ1) is 6.75. The lowest BCUT2D eigenvalue weighted by Crippen LogP contribution is -1.89. The maximum absolute atomic E-state index is 9.29. The van der Waals surface area contributed by atoms with Gasteiger partial charge in [-0.1, -0.05) is 12.1 Å². The van der Waals surface area contributed by atoms with Crippen molar-refractivity contribution < 1.29 is 5.11 Å². The normalized spacial score (nSPS) is 10.1. The molecule has 0 aliphatic rings. The molecule has 0 aliphatic heterocycles. The molecule has 2 rings (SSSR count). The van der Waals surface area contributed by atoms with E-state index in [9.17, 15) is 5.11 Å². The summed E-state index contributed by atoms with van der Waals surface area (Å²) in [4.78, 5) is 8.39. The first-order valence-corrected chi connectivity index (χ1v) is 4.35. The third-order valence-electron chi connectivity index (χ3n) is 1.90. The van der Waals surface area contributed by atoms with E-state index in [4.69, 9.17) is 0 Å². The number of hydrogen-bond donors (Lipinski definition) is 1. The van der Waals surface area contributed by atoms with Gasteiger partial charge in [0.15, 0.2) is 5.82 Å². The van der Waals surface area contributed by atoms with Crippen molar-refractivity contribution >= 4 is 0 Å². The van der Waals surface area contributed by atoms with Crippen LogP contribution in [0.2, 0.25) is 0 Å². The molecule has 1 N–H and O–H groups in total. The van der Waals surface area contributed by atoms with Gasteiger partial charge in [-0.05, 0) is 25.1 Å². The predicted octanol–water partition coefficient (Wildman–Crippen LogP) is 2.16. The largest absolute Gasteiger partial charge is 0.508 e. The fraction of sp³-hybridized carbons (Fsp3) is 0.0909. The Morgan fingerprint density at radius 3 is 2.79 bits per heavy atom. The van der Waals surface area contributed by atoms with E-state index in [1.165, 1.54) is 0 Å². The summed E-state index contributed by atoms with van der Waals surface area (Å²) in [5, 5.41) is 9.29. The summed E-state index contributed by atoms with van der Waals surface area (Å²) in [7, 11) is 0. The van der Waals surface area contributed by atoms with Gasteiger partial charge in [-0.2, -0.15) is 0 Å². The molecule has 14 heavy (non-hydrogen) atoms. The molecule has 70 valence electrons. The third kappa shape index (κ3) is 1.71. The number of phenols is 1. The van der Waals surface area contributed by atoms with Crippen molar-refractivity contribution in [3.63, 3.8) is 0 Å². The average Bonchev–Trinajstić information content (AvgIpc) is 2.18. The van der Waals surface area contributed by atoms with Crippen molar-refractivity contribution in [2.75, 3.05) is 0 Å². The topological polar surface area (TPSA) is 46.0 Å². The van der Waals surface area contributed by atoms with Crippen LogP contribution in [0.1, 0.15) is 5.69 Å². The van der Waals surface area contributed by atoms with Gasteiger partial charge >= 0.3 is 0 Å². The molecule has 1 heterocycles. The highest BCUT2D eigenvalue weighted by atomic mass is 16.3. The van der Waals surface area contributed by atoms with Crippen molar-refractivity contribution in [3.05, 3.63) is 42.2 Å². The summed E-state index contributed by atoms with van der Waals surface area (Å²) < 4.78 is 0. The standard InChI is InChI=1S/C11H10N2O/c1-8-5-6-12-11(13-8)9-3-2-4-10(14)7-9/h2-7,14H,1H3. The van der Waals surface area contributed by atoms with Gasteiger partial charge in [-0.15, -0.1) is 0 Å². The monoisotopic (exact) mass is 186 g/mol. The SMILES string of the molecule is Cc1ccnc(-c2cccc(O)c2)n1. The van der Waals surface area contributed by atoms with E-state index < -0.39 is 0 Å². The molecule has 0 bridgehead atoms. The zero-order chi connectivity index (χ0) is 9.97. The van der Waals surface area contributed by atoms with Crippen LogP contribution in [0, 0.1) is 6.92 Å². The van der Waals surface area contributed by atoms with E-state index in [0.717, 1.165) is 11.3 Å². The van der Waals surface area contributed by atoms with Gasteiger partial charge in [-0.25, -0.2) is 9.97 Å². The third-order valence-corrected chi connectivity index (χ3v) is 1.90. The summed E-state index contributed by atoms with van der Waals surface area (Å²) in [6.07, 6.45) is 1.71. The van der Waals surface area contributed by atoms with E-state index in [-0.39, 0.29) is 5.75 Å². The van der Waals surface area contributed by atoms with Gasteiger partial charge in [0.1, 0.15) is 5.75 Å². The molecule has 0 saturated heterocycles. The second kappa shape index (κ2) is 3.46. The van der Waals surface area contributed by atoms with E-state index >= 15 is 0 Å². The maximum atomic E-state index is 9.29. The number of phenolic OH excluding ortho intramolecular Hbond substituents is 1. The molecule has 0 spiro atoms. The quantitative estimate of drug-likeness (QED) is 0.742. The van der Waals surface area contributed by atoms with Gasteiger partial charge < -0.3 is 5.11 Å². The molecule has 0 unspecified atom stereocenters. The van der Waals surface area contributed by atoms with E-state index in [0.29, 0.717) is 5.82 Å². The lowest BCUT2D eigenvalue weighted by Gasteiger charge is -2.00. The highest BCUT2D eigenvalue weighted by Gasteiger charge is 2.00. The fourth-order valence-electron chi connectivity index (χ4n) is 1.23. The van der Waals surface area contributed by atoms with Crippen LogP contribution in [-0.2, 0) is 0 Å². The van der Waals surface area contributed by atoms with Crippen molar-refractivity contribution in [2.45, 2.75) is 6.92 Å². The fourth-order valence-corrected chi connectivity index (χ4v) is 1.23. The Morgan fingerprint density at radius 2 is 2.07 bits per heavy atom. The summed E-state index contributed by atoms with van der Waals surface area (Å²) in [5.41, 5.74) is 1.74. The Kier molecular flexibility index (Phi) is 2.14. The van der Waals surface area contributed by atoms with Crippen LogP contribution in [0.15, 0.2) is 36.5 Å². The van der Waals surface area contributed by atoms with Crippen molar-refractivity contribution in [2.24, 2.45) is 0 Å². The van der Waals surface area contributed by atoms with Crippen LogP contribution < -0.4 is 0 Å². The first kappa shape index (κ1) is 8.69. The van der Waals surface area contributed by atoms with Crippen LogP contribution in [0.3, 0.4) is 0 Å². The minimum absolute atomic E-state index is 0.229. The van der Waals surface area contributed by atoms with E-state index in [1.54, 1.807) is 24.4 Å². The summed E-state index contributed by atoms with van der Waals surface area (Å²) in [5.74, 6) is 0.869. The van der Waals surface area contributed by atoms with Gasteiger partial charge in [0.25, 0.3) is 0 Å². The highest BCUT2D eigenvalue weighted by molar-refractivity contribution is 5.56. The molecule has 3 heteroatoms. The minimum atomic E-state index is 0.229. The smallest absolute Gasteiger partial charge is 0.159 e. The molecule has 0 amide bonds. The number of hydrogen-bond acceptors (Lipinski definition) is 3. The van der Waals surface area contributed by atoms with Crippen LogP contribution in [0.25, 0.3) is 11.4 Å². The second-order valence-electron chi connectivity index (χ2n) is 3.07. The summed E-state index contributed by atoms with van der Waals surface area (Å²) >= 11 is 0. The molecule has 3 nitrogen and oxygen atoms in total. The molecule has 1 aromatic heterocycles. The van der Waals surface area contributed by atoms with Gasteiger partial charge in [0.05, 0.1) is 0 Å². The van der Waals surface area contributed by atoms with Crippen LogP contribution in [0.5, 0.6) is 5.75 Å². The maximum Gasteiger partial charge on any atom is 0.159 e. The molecular formula is C11H10N2O. The number of rotatable bonds is 1. The Labute approximate surface area is 82.1 Å². The highest BCUT2D eigenvalue weighted by Crippen LogP contribution is 2.19. The summed E-state index contributed by atoms with van der Waals surface area (Å²) in [6, 6.07) is 8.76. The Morgan fingerprint density at radius 1 is 1.21 bits per heavy atom. The van der Waals surface area contributed by atoms with E-state index in [1.807, 2.05) is 19.1 Å². The van der Waals surface area contributed by atoms with Crippen LogP contribution >= 0.6 is 0 Å². The lowest BCUT2D eigenvalue weighted by molar-refractivity contribution is 0.475. The number of aromatic hydroxyl groups is 1. The van der Waals surface area contributed by atoms with Gasteiger partial charge in [0, 0.05) is 17.5 Å². The zero-order valence-corrected chi connectivity index (χ0v) is 7.81. The lowest BCUT2D eigenvalue weighted by atomic mass is 10.2. The van der Waals surface area contributed by atoms with Crippen molar-refractivity contribution in [3.8, 4) is 17.1 Å². The average molecular weight is 186 g/mol. The second-order valence-corrected chi connectivity index (χ2v) is 3.07. The molecule has 1 aromatic carbocycles. The molecule has 2 aromatic rings. The number of benzene rings is 1. The van der Waals surface area contributed by atoms with Crippen LogP contribution in [0.4, 0.5) is 0 Å². The minimum Gasteiger partial charge on any atom is -0.508 e. The number of nitrogens with zero attached hydrogens (tertiary/aromatic N) is 2. The molecule has 0 radical (unpaired) electrons. The van der Waals surface area contributed by atoms with Gasteiger partial charge in [-0.3, -0.25) is 0 Å². The number of aromatic nitrogens is 2. The van der Waals surface area contributed by atoms with Crippen molar-refractivity contribution in [1.82, 2.24) is 9.97 Å². The van der Waals surface area contributed by atoms with Gasteiger partial charge in [0.2, 0.25) is 0 Å². The molecule has 0 aliphatic carbocycles. The molecule has 0 saturated carbocycles. The number of aryl methyl sites for hydroxylation is 1. The van der Waals surface area contributed by atoms with E-state index in [2.05, 4.69) is 9.97 Å². The van der Waals surface area contributed by atoms with Crippen molar-refractivity contribution in [1.29, 1.82) is 0 Å². The Hall–Kier alpha value is -1.90. The molecule has 0 atom stereocenters. The predicted molar refractivity (Wildman–Crippen MR) is 53.9 cm³/mol. The Bertz CT molecular complexity index is 411. The summed E-state index contributed by atoms with van der Waals surface area (Å²) in [6.45, 7) is 1.91. The molecule has 0 fully saturated rings. The Balaban J connectivity index is 2.49. The first-order valence-electron chi connectivity index (χ1n) is 4.35. The molecular weight excluding hydrogens is 176 g/mol.